The van der Waals surface area contributed by atoms with Gasteiger partial charge in [0.2, 0.25) is 5.91 Å². The van der Waals surface area contributed by atoms with E-state index in [9.17, 15) is 9.59 Å². The maximum absolute atomic E-state index is 12.6. The molecule has 1 aliphatic heterocycles. The van der Waals surface area contributed by atoms with E-state index in [0.29, 0.717) is 24.6 Å². The molecule has 0 atom stereocenters. The molecule has 2 aliphatic rings. The summed E-state index contributed by atoms with van der Waals surface area (Å²) in [6, 6.07) is 15.9. The van der Waals surface area contributed by atoms with Gasteiger partial charge in [0.15, 0.2) is 5.78 Å². The van der Waals surface area contributed by atoms with E-state index in [0.717, 1.165) is 24.5 Å². The van der Waals surface area contributed by atoms with Crippen LogP contribution in [0.15, 0.2) is 60.7 Å². The van der Waals surface area contributed by atoms with Gasteiger partial charge in [-0.05, 0) is 42.5 Å². The maximum Gasteiger partial charge on any atom is 0.246 e. The number of benzene rings is 2. The minimum atomic E-state index is -0.124. The third-order valence-electron chi connectivity index (χ3n) is 6.67. The molecule has 4 rings (SSSR count). The predicted molar refractivity (Wildman–Crippen MR) is 128 cm³/mol. The zero-order valence-corrected chi connectivity index (χ0v) is 18.8. The molecule has 1 saturated heterocycles. The van der Waals surface area contributed by atoms with Crippen LogP contribution in [0.4, 0.5) is 5.69 Å². The first-order valence-electron chi connectivity index (χ1n) is 11.6. The highest BCUT2D eigenvalue weighted by Crippen LogP contribution is 2.32. The molecule has 2 aromatic rings. The van der Waals surface area contributed by atoms with Gasteiger partial charge in [-0.1, -0.05) is 55.7 Å². The molecule has 32 heavy (non-hydrogen) atoms. The molecule has 1 aliphatic carbocycles. The van der Waals surface area contributed by atoms with Crippen molar-refractivity contribution in [3.8, 4) is 5.75 Å². The number of para-hydroxylation sites is 2. The minimum Gasteiger partial charge on any atom is -0.495 e. The van der Waals surface area contributed by atoms with Crippen molar-refractivity contribution in [2.45, 2.75) is 38.0 Å². The summed E-state index contributed by atoms with van der Waals surface area (Å²) in [6.45, 7) is 2.70. The standard InChI is InChI=1S/C27H32N2O3/c1-32-26-10-6-5-9-24(26)28-17-19-29(20-18-28)27(31)16-15-25(30)23-13-11-22(12-14-23)21-7-3-2-4-8-21/h5-6,9-16,21H,2-4,7-8,17-20H2,1H3/b16-15+. The largest absolute Gasteiger partial charge is 0.495 e. The van der Waals surface area contributed by atoms with E-state index in [1.54, 1.807) is 12.0 Å². The van der Waals surface area contributed by atoms with Crippen molar-refractivity contribution in [1.82, 2.24) is 4.90 Å². The molecule has 0 spiro atoms. The Labute approximate surface area is 190 Å². The number of ketones is 1. The molecule has 1 heterocycles. The number of methoxy groups -OCH3 is 1. The second kappa shape index (κ2) is 10.5. The molecule has 0 unspecified atom stereocenters. The van der Waals surface area contributed by atoms with E-state index >= 15 is 0 Å². The molecule has 0 radical (unpaired) electrons. The Hall–Kier alpha value is -3.08. The molecule has 5 heteroatoms. The SMILES string of the molecule is COc1ccccc1N1CCN(C(=O)/C=C/C(=O)c2ccc(C3CCCCC3)cc2)CC1. The second-order valence-electron chi connectivity index (χ2n) is 8.64. The first-order chi connectivity index (χ1) is 15.7. The fourth-order valence-electron chi connectivity index (χ4n) is 4.76. The summed E-state index contributed by atoms with van der Waals surface area (Å²) < 4.78 is 5.45. The lowest BCUT2D eigenvalue weighted by Crippen LogP contribution is -2.48. The van der Waals surface area contributed by atoms with Crippen molar-refractivity contribution >= 4 is 17.4 Å². The molecule has 0 aromatic heterocycles. The van der Waals surface area contributed by atoms with Crippen molar-refractivity contribution in [3.63, 3.8) is 0 Å². The lowest BCUT2D eigenvalue weighted by Gasteiger charge is -2.36. The number of allylic oxidation sites excluding steroid dienone is 1. The molecule has 5 nitrogen and oxygen atoms in total. The number of nitrogens with zero attached hydrogens (tertiary/aromatic N) is 2. The van der Waals surface area contributed by atoms with Crippen LogP contribution in [0.3, 0.4) is 0 Å². The van der Waals surface area contributed by atoms with Crippen LogP contribution in [0.25, 0.3) is 0 Å². The number of hydrogen-bond acceptors (Lipinski definition) is 4. The van der Waals surface area contributed by atoms with Gasteiger partial charge < -0.3 is 14.5 Å². The van der Waals surface area contributed by atoms with Crippen molar-refractivity contribution in [3.05, 3.63) is 71.8 Å². The number of anilines is 1. The lowest BCUT2D eigenvalue weighted by atomic mass is 9.84. The fraction of sp³-hybridized carbons (Fsp3) is 0.407. The maximum atomic E-state index is 12.6. The molecule has 2 fully saturated rings. The summed E-state index contributed by atoms with van der Waals surface area (Å²) in [4.78, 5) is 29.2. The molecule has 2 aromatic carbocycles. The number of ether oxygens (including phenoxy) is 1. The summed E-state index contributed by atoms with van der Waals surface area (Å²) in [5.74, 6) is 1.23. The second-order valence-corrected chi connectivity index (χ2v) is 8.64. The minimum absolute atomic E-state index is 0.114. The zero-order valence-electron chi connectivity index (χ0n) is 18.8. The highest BCUT2D eigenvalue weighted by atomic mass is 16.5. The van der Waals surface area contributed by atoms with E-state index in [1.165, 1.54) is 49.8 Å². The first-order valence-corrected chi connectivity index (χ1v) is 11.6. The molecular formula is C27H32N2O3. The van der Waals surface area contributed by atoms with Gasteiger partial charge in [-0.15, -0.1) is 0 Å². The summed E-state index contributed by atoms with van der Waals surface area (Å²) >= 11 is 0. The third-order valence-corrected chi connectivity index (χ3v) is 6.67. The Morgan fingerprint density at radius 1 is 0.875 bits per heavy atom. The van der Waals surface area contributed by atoms with E-state index in [2.05, 4.69) is 17.0 Å². The molecular weight excluding hydrogens is 400 g/mol. The zero-order chi connectivity index (χ0) is 22.3. The van der Waals surface area contributed by atoms with Crippen molar-refractivity contribution in [1.29, 1.82) is 0 Å². The Morgan fingerprint density at radius 3 is 2.25 bits per heavy atom. The highest BCUT2D eigenvalue weighted by Gasteiger charge is 2.22. The van der Waals surface area contributed by atoms with Gasteiger partial charge in [-0.3, -0.25) is 9.59 Å². The van der Waals surface area contributed by atoms with Gasteiger partial charge in [0.25, 0.3) is 0 Å². The summed E-state index contributed by atoms with van der Waals surface area (Å²) in [7, 11) is 1.67. The average molecular weight is 433 g/mol. The Bertz CT molecular complexity index is 953. The summed E-state index contributed by atoms with van der Waals surface area (Å²) in [5, 5.41) is 0. The van der Waals surface area contributed by atoms with Crippen LogP contribution in [-0.4, -0.2) is 49.9 Å². The number of carbonyl (C=O) groups is 2. The van der Waals surface area contributed by atoms with E-state index < -0.39 is 0 Å². The predicted octanol–water partition coefficient (Wildman–Crippen LogP) is 4.83. The van der Waals surface area contributed by atoms with Crippen molar-refractivity contribution < 1.29 is 14.3 Å². The lowest BCUT2D eigenvalue weighted by molar-refractivity contribution is -0.126. The number of amides is 1. The van der Waals surface area contributed by atoms with Crippen LogP contribution in [0.1, 0.15) is 53.9 Å². The molecule has 1 saturated carbocycles. The van der Waals surface area contributed by atoms with Gasteiger partial charge >= 0.3 is 0 Å². The summed E-state index contributed by atoms with van der Waals surface area (Å²) in [6.07, 6.45) is 9.23. The van der Waals surface area contributed by atoms with Crippen molar-refractivity contribution in [2.75, 3.05) is 38.2 Å². The van der Waals surface area contributed by atoms with Gasteiger partial charge in [0.05, 0.1) is 12.8 Å². The number of carbonyl (C=O) groups excluding carboxylic acids is 2. The fourth-order valence-corrected chi connectivity index (χ4v) is 4.76. The number of piperazine rings is 1. The number of rotatable bonds is 6. The molecule has 0 bridgehead atoms. The number of hydrogen-bond donors (Lipinski definition) is 0. The average Bonchev–Trinajstić information content (AvgIpc) is 2.87. The Kier molecular flexibility index (Phi) is 7.25. The highest BCUT2D eigenvalue weighted by molar-refractivity contribution is 6.07. The smallest absolute Gasteiger partial charge is 0.246 e. The molecule has 1 amide bonds. The monoisotopic (exact) mass is 432 g/mol. The van der Waals surface area contributed by atoms with Crippen LogP contribution in [0.2, 0.25) is 0 Å². The Balaban J connectivity index is 1.30. The van der Waals surface area contributed by atoms with E-state index in [-0.39, 0.29) is 11.7 Å². The van der Waals surface area contributed by atoms with Crippen LogP contribution >= 0.6 is 0 Å². The van der Waals surface area contributed by atoms with Crippen molar-refractivity contribution in [2.24, 2.45) is 0 Å². The third kappa shape index (κ3) is 5.21. The first kappa shape index (κ1) is 22.1. The molecule has 0 N–H and O–H groups in total. The normalized spacial score (nSPS) is 17.5. The van der Waals surface area contributed by atoms with Crippen LogP contribution < -0.4 is 9.64 Å². The van der Waals surface area contributed by atoms with Crippen LogP contribution in [0.5, 0.6) is 5.75 Å². The van der Waals surface area contributed by atoms with Crippen LogP contribution in [0, 0.1) is 0 Å². The van der Waals surface area contributed by atoms with Gasteiger partial charge in [0, 0.05) is 37.8 Å². The quantitative estimate of drug-likeness (QED) is 0.485. The van der Waals surface area contributed by atoms with Gasteiger partial charge in [-0.25, -0.2) is 0 Å². The van der Waals surface area contributed by atoms with Gasteiger partial charge in [-0.2, -0.15) is 0 Å². The Morgan fingerprint density at radius 2 is 1.56 bits per heavy atom. The topological polar surface area (TPSA) is 49.9 Å². The van der Waals surface area contributed by atoms with Crippen LogP contribution in [-0.2, 0) is 4.79 Å². The summed E-state index contributed by atoms with van der Waals surface area (Å²) in [5.41, 5.74) is 3.01. The molecule has 168 valence electrons. The van der Waals surface area contributed by atoms with Gasteiger partial charge in [0.1, 0.15) is 5.75 Å². The van der Waals surface area contributed by atoms with E-state index in [4.69, 9.17) is 4.74 Å². The van der Waals surface area contributed by atoms with E-state index in [1.807, 2.05) is 36.4 Å².